The zero-order valence-electron chi connectivity index (χ0n) is 14.1. The highest BCUT2D eigenvalue weighted by Gasteiger charge is 2.30. The number of benzene rings is 1. The molecule has 0 bridgehead atoms. The molecule has 0 spiro atoms. The Hall–Kier alpha value is -2.45. The van der Waals surface area contributed by atoms with Crippen LogP contribution in [-0.2, 0) is 11.2 Å². The summed E-state index contributed by atoms with van der Waals surface area (Å²) >= 11 is 1.77. The Kier molecular flexibility index (Phi) is 5.00. The van der Waals surface area contributed by atoms with E-state index < -0.39 is 4.92 Å². The summed E-state index contributed by atoms with van der Waals surface area (Å²) < 4.78 is 5.19. The maximum atomic E-state index is 12.5. The summed E-state index contributed by atoms with van der Waals surface area (Å²) in [5, 5.41) is 15.8. The summed E-state index contributed by atoms with van der Waals surface area (Å²) in [6.45, 7) is 3.33. The van der Waals surface area contributed by atoms with E-state index in [2.05, 4.69) is 23.7 Å². The molecule has 2 N–H and O–H groups in total. The van der Waals surface area contributed by atoms with Gasteiger partial charge in [-0.25, -0.2) is 0 Å². The molecule has 0 saturated heterocycles. The monoisotopic (exact) mass is 362 g/mol. The normalized spacial score (nSPS) is 19.1. The fourth-order valence-electron chi connectivity index (χ4n) is 3.20. The van der Waals surface area contributed by atoms with Gasteiger partial charge in [0.05, 0.1) is 24.3 Å². The minimum Gasteiger partial charge on any atom is -0.495 e. The van der Waals surface area contributed by atoms with Gasteiger partial charge in [0.25, 0.3) is 11.6 Å². The first-order valence-corrected chi connectivity index (χ1v) is 8.90. The predicted octanol–water partition coefficient (Wildman–Crippen LogP) is 1.81. The van der Waals surface area contributed by atoms with Crippen molar-refractivity contribution in [1.82, 2.24) is 0 Å². The second-order valence-electron chi connectivity index (χ2n) is 6.05. The average Bonchev–Trinajstić information content (AvgIpc) is 3.06. The number of amides is 1. The molecule has 2 aromatic rings. The molecule has 0 saturated carbocycles. The molecule has 3 rings (SSSR count). The van der Waals surface area contributed by atoms with Gasteiger partial charge in [0.2, 0.25) is 0 Å². The van der Waals surface area contributed by atoms with Crippen molar-refractivity contribution in [3.63, 3.8) is 0 Å². The summed E-state index contributed by atoms with van der Waals surface area (Å²) in [4.78, 5) is 25.5. The van der Waals surface area contributed by atoms with Crippen LogP contribution in [0.1, 0.15) is 23.4 Å². The van der Waals surface area contributed by atoms with Gasteiger partial charge in [-0.1, -0.05) is 0 Å². The fraction of sp³-hybridized carbons (Fsp3) is 0.353. The number of methoxy groups -OCH3 is 1. The van der Waals surface area contributed by atoms with E-state index in [9.17, 15) is 14.9 Å². The van der Waals surface area contributed by atoms with Gasteiger partial charge in [-0.3, -0.25) is 14.9 Å². The van der Waals surface area contributed by atoms with Crippen LogP contribution in [0.3, 0.4) is 0 Å². The average molecular weight is 362 g/mol. The highest BCUT2D eigenvalue weighted by Crippen LogP contribution is 2.29. The van der Waals surface area contributed by atoms with Gasteiger partial charge < -0.3 is 15.0 Å². The minimum absolute atomic E-state index is 0.0855. The number of fused-ring (bicyclic) bond motifs is 1. The molecular weight excluding hydrogens is 342 g/mol. The van der Waals surface area contributed by atoms with Crippen molar-refractivity contribution in [2.75, 3.05) is 25.5 Å². The molecule has 1 aliphatic rings. The largest absolute Gasteiger partial charge is 0.495 e. The number of rotatable bonds is 5. The van der Waals surface area contributed by atoms with Gasteiger partial charge in [0.15, 0.2) is 6.54 Å². The predicted molar refractivity (Wildman–Crippen MR) is 95.4 cm³/mol. The third kappa shape index (κ3) is 3.64. The van der Waals surface area contributed by atoms with Crippen molar-refractivity contribution in [3.05, 3.63) is 50.2 Å². The number of quaternary nitrogens is 1. The number of hydrogen-bond acceptors (Lipinski definition) is 5. The molecule has 1 aromatic carbocycles. The van der Waals surface area contributed by atoms with E-state index in [1.54, 1.807) is 11.3 Å². The van der Waals surface area contributed by atoms with E-state index >= 15 is 0 Å². The third-order valence-electron chi connectivity index (χ3n) is 4.59. The quantitative estimate of drug-likeness (QED) is 0.627. The molecule has 132 valence electrons. The Balaban J connectivity index is 1.71. The van der Waals surface area contributed by atoms with E-state index in [0.29, 0.717) is 18.0 Å². The maximum absolute atomic E-state index is 12.5. The molecule has 7 nitrogen and oxygen atoms in total. The van der Waals surface area contributed by atoms with Gasteiger partial charge in [-0.05, 0) is 24.4 Å². The van der Waals surface area contributed by atoms with Crippen LogP contribution in [0.2, 0.25) is 0 Å². The molecule has 2 heterocycles. The Morgan fingerprint density at radius 3 is 3.00 bits per heavy atom. The Labute approximate surface area is 149 Å². The number of non-ortho nitro benzene ring substituents is 1. The molecule has 1 unspecified atom stereocenters. The summed E-state index contributed by atoms with van der Waals surface area (Å²) in [7, 11) is 1.47. The van der Waals surface area contributed by atoms with Crippen molar-refractivity contribution in [1.29, 1.82) is 0 Å². The van der Waals surface area contributed by atoms with Crippen molar-refractivity contribution in [3.8, 4) is 5.75 Å². The first-order chi connectivity index (χ1) is 12.0. The zero-order chi connectivity index (χ0) is 18.0. The van der Waals surface area contributed by atoms with Crippen LogP contribution >= 0.6 is 11.3 Å². The van der Waals surface area contributed by atoms with Gasteiger partial charge in [0, 0.05) is 29.0 Å². The SMILES string of the molecule is COc1ccc([N+](=O)[O-])cc1NC(=O)C[NH+]1CCc2sccc2[C@H]1C. The molecule has 0 radical (unpaired) electrons. The lowest BCUT2D eigenvalue weighted by Gasteiger charge is -2.29. The summed E-state index contributed by atoms with van der Waals surface area (Å²) in [5.74, 6) is 0.222. The van der Waals surface area contributed by atoms with Crippen molar-refractivity contribution >= 4 is 28.6 Å². The smallest absolute Gasteiger partial charge is 0.279 e. The summed E-state index contributed by atoms with van der Waals surface area (Å²) in [6, 6.07) is 6.55. The van der Waals surface area contributed by atoms with E-state index in [4.69, 9.17) is 4.74 Å². The van der Waals surface area contributed by atoms with Crippen LogP contribution < -0.4 is 15.0 Å². The van der Waals surface area contributed by atoms with E-state index in [-0.39, 0.29) is 17.6 Å². The van der Waals surface area contributed by atoms with Crippen LogP contribution in [0.15, 0.2) is 29.6 Å². The van der Waals surface area contributed by atoms with Gasteiger partial charge in [-0.15, -0.1) is 11.3 Å². The fourth-order valence-corrected chi connectivity index (χ4v) is 4.18. The number of carbonyl (C=O) groups excluding carboxylic acids is 1. The highest BCUT2D eigenvalue weighted by atomic mass is 32.1. The van der Waals surface area contributed by atoms with Crippen LogP contribution in [0.4, 0.5) is 11.4 Å². The van der Waals surface area contributed by atoms with E-state index in [1.807, 2.05) is 0 Å². The molecule has 1 aromatic heterocycles. The maximum Gasteiger partial charge on any atom is 0.279 e. The zero-order valence-corrected chi connectivity index (χ0v) is 14.9. The number of nitrogens with one attached hydrogen (secondary N) is 2. The number of ether oxygens (including phenoxy) is 1. The van der Waals surface area contributed by atoms with Crippen molar-refractivity contribution in [2.24, 2.45) is 0 Å². The van der Waals surface area contributed by atoms with Gasteiger partial charge in [-0.2, -0.15) is 0 Å². The topological polar surface area (TPSA) is 85.9 Å². The second-order valence-corrected chi connectivity index (χ2v) is 7.05. The Morgan fingerprint density at radius 1 is 1.48 bits per heavy atom. The number of carbonyl (C=O) groups is 1. The highest BCUT2D eigenvalue weighted by molar-refractivity contribution is 7.10. The van der Waals surface area contributed by atoms with Crippen LogP contribution in [0.5, 0.6) is 5.75 Å². The molecule has 2 atom stereocenters. The van der Waals surface area contributed by atoms with Crippen molar-refractivity contribution < 1.29 is 19.4 Å². The molecule has 0 aliphatic carbocycles. The lowest BCUT2D eigenvalue weighted by molar-refractivity contribution is -0.923. The van der Waals surface area contributed by atoms with Crippen molar-refractivity contribution in [2.45, 2.75) is 19.4 Å². The molecular formula is C17H20N3O4S+. The van der Waals surface area contributed by atoms with E-state index in [1.165, 1.54) is 40.6 Å². The van der Waals surface area contributed by atoms with E-state index in [0.717, 1.165) is 13.0 Å². The molecule has 0 fully saturated rings. The van der Waals surface area contributed by atoms with Crippen LogP contribution in [-0.4, -0.2) is 31.0 Å². The minimum atomic E-state index is -0.495. The van der Waals surface area contributed by atoms with Gasteiger partial charge >= 0.3 is 0 Å². The van der Waals surface area contributed by atoms with Crippen LogP contribution in [0.25, 0.3) is 0 Å². The summed E-state index contributed by atoms with van der Waals surface area (Å²) in [5.41, 5.74) is 1.55. The third-order valence-corrected chi connectivity index (χ3v) is 5.58. The molecule has 1 amide bonds. The number of nitrogens with zero attached hydrogens (tertiary/aromatic N) is 1. The molecule has 25 heavy (non-hydrogen) atoms. The Morgan fingerprint density at radius 2 is 2.28 bits per heavy atom. The number of nitro groups is 1. The second kappa shape index (κ2) is 7.20. The summed E-state index contributed by atoms with van der Waals surface area (Å²) in [6.07, 6.45) is 0.972. The van der Waals surface area contributed by atoms with Gasteiger partial charge in [0.1, 0.15) is 11.8 Å². The first-order valence-electron chi connectivity index (χ1n) is 8.02. The standard InChI is InChI=1S/C17H19N3O4S/c1-11-13-6-8-25-16(13)5-7-19(11)10-17(21)18-14-9-12(20(22)23)3-4-15(14)24-2/h3-4,6,8-9,11H,5,7,10H2,1-2H3,(H,18,21)/p+1/t11-/m1/s1. The number of anilines is 1. The lowest BCUT2D eigenvalue weighted by Crippen LogP contribution is -3.14. The molecule has 1 aliphatic heterocycles. The lowest BCUT2D eigenvalue weighted by atomic mass is 10.0. The number of hydrogen-bond donors (Lipinski definition) is 2. The Bertz CT molecular complexity index is 805. The first kappa shape index (κ1) is 17.4. The molecule has 8 heteroatoms. The number of nitro benzene ring substituents is 1. The van der Waals surface area contributed by atoms with Crippen LogP contribution in [0, 0.1) is 10.1 Å². The number of thiophene rings is 1.